The van der Waals surface area contributed by atoms with Crippen LogP contribution in [0.5, 0.6) is 0 Å². The first-order valence-electron chi connectivity index (χ1n) is 12.7. The van der Waals surface area contributed by atoms with Crippen molar-refractivity contribution < 1.29 is 14.0 Å². The molecule has 0 heterocycles. The molecular formula is C26H56O3Si2. The molecule has 186 valence electrons. The van der Waals surface area contributed by atoms with Gasteiger partial charge < -0.3 is 14.0 Å². The first-order valence-corrected chi connectivity index (χ1v) is 18.2. The van der Waals surface area contributed by atoms with Crippen LogP contribution in [0, 0.1) is 17.8 Å². The highest BCUT2D eigenvalue weighted by Crippen LogP contribution is 2.41. The first-order chi connectivity index (χ1) is 14.1. The van der Waals surface area contributed by atoms with Crippen molar-refractivity contribution in [3.8, 4) is 0 Å². The molecule has 0 unspecified atom stereocenters. The first kappa shape index (κ1) is 31.1. The molecule has 3 nitrogen and oxygen atoms in total. The van der Waals surface area contributed by atoms with E-state index in [2.05, 4.69) is 95.3 Å². The van der Waals surface area contributed by atoms with Gasteiger partial charge in [0.15, 0.2) is 16.6 Å². The average molecular weight is 473 g/mol. The third-order valence-corrected chi connectivity index (χ3v) is 17.3. The lowest BCUT2D eigenvalue weighted by atomic mass is 9.82. The van der Waals surface area contributed by atoms with Crippen LogP contribution in [0.2, 0.25) is 36.3 Å². The van der Waals surface area contributed by atoms with Crippen molar-refractivity contribution in [2.75, 3.05) is 6.61 Å². The smallest absolute Gasteiger partial charge is 0.192 e. The van der Waals surface area contributed by atoms with Crippen LogP contribution in [0.15, 0.2) is 11.6 Å². The SMILES string of the molecule is C/C=C(\C)C[C@H](C)[C@H](O[Si](C)(C)C(C)(C)C)[C@@H](C)[C@@H](O[Si](CC)(CC)CC)[C@H](C)CO. The molecule has 5 atom stereocenters. The van der Waals surface area contributed by atoms with Crippen molar-refractivity contribution in [1.29, 1.82) is 0 Å². The van der Waals surface area contributed by atoms with Crippen LogP contribution in [0.25, 0.3) is 0 Å². The molecule has 0 spiro atoms. The van der Waals surface area contributed by atoms with Crippen LogP contribution in [0.4, 0.5) is 0 Å². The number of allylic oxidation sites excluding steroid dienone is 2. The normalized spacial score (nSPS) is 19.1. The van der Waals surface area contributed by atoms with Crippen LogP contribution in [-0.4, -0.2) is 40.6 Å². The topological polar surface area (TPSA) is 38.7 Å². The van der Waals surface area contributed by atoms with Crippen molar-refractivity contribution in [1.82, 2.24) is 0 Å². The molecule has 0 amide bonds. The summed E-state index contributed by atoms with van der Waals surface area (Å²) in [6.45, 7) is 29.8. The molecule has 0 saturated heterocycles. The van der Waals surface area contributed by atoms with Gasteiger partial charge >= 0.3 is 0 Å². The van der Waals surface area contributed by atoms with Crippen molar-refractivity contribution in [3.05, 3.63) is 11.6 Å². The molecule has 0 aliphatic carbocycles. The zero-order chi connectivity index (χ0) is 24.6. The van der Waals surface area contributed by atoms with E-state index in [-0.39, 0.29) is 35.7 Å². The quantitative estimate of drug-likeness (QED) is 0.205. The summed E-state index contributed by atoms with van der Waals surface area (Å²) in [5.74, 6) is 0.734. The maximum Gasteiger partial charge on any atom is 0.192 e. The van der Waals surface area contributed by atoms with Crippen LogP contribution in [-0.2, 0) is 8.85 Å². The van der Waals surface area contributed by atoms with Crippen molar-refractivity contribution in [2.45, 2.75) is 131 Å². The van der Waals surface area contributed by atoms with Gasteiger partial charge in [0.25, 0.3) is 0 Å². The predicted molar refractivity (Wildman–Crippen MR) is 143 cm³/mol. The second-order valence-electron chi connectivity index (χ2n) is 11.5. The van der Waals surface area contributed by atoms with E-state index in [4.69, 9.17) is 8.85 Å². The minimum atomic E-state index is -1.96. The summed E-state index contributed by atoms with van der Waals surface area (Å²) in [5, 5.41) is 10.3. The number of aliphatic hydroxyl groups excluding tert-OH is 1. The molecule has 0 aliphatic rings. The monoisotopic (exact) mass is 472 g/mol. The zero-order valence-corrected chi connectivity index (χ0v) is 25.3. The Bertz CT molecular complexity index is 527. The van der Waals surface area contributed by atoms with Gasteiger partial charge in [-0.1, -0.05) is 74.0 Å². The lowest BCUT2D eigenvalue weighted by Gasteiger charge is -2.47. The highest BCUT2D eigenvalue weighted by atomic mass is 28.4. The molecule has 0 aromatic rings. The second kappa shape index (κ2) is 13.1. The van der Waals surface area contributed by atoms with Gasteiger partial charge in [-0.2, -0.15) is 0 Å². The van der Waals surface area contributed by atoms with E-state index < -0.39 is 16.6 Å². The van der Waals surface area contributed by atoms with Crippen LogP contribution in [0.3, 0.4) is 0 Å². The van der Waals surface area contributed by atoms with E-state index in [1.807, 2.05) is 0 Å². The van der Waals surface area contributed by atoms with E-state index in [1.54, 1.807) is 0 Å². The summed E-state index contributed by atoms with van der Waals surface area (Å²) >= 11 is 0. The molecule has 0 aromatic heterocycles. The molecule has 1 N–H and O–H groups in total. The van der Waals surface area contributed by atoms with E-state index in [0.717, 1.165) is 24.6 Å². The highest BCUT2D eigenvalue weighted by molar-refractivity contribution is 6.74. The van der Waals surface area contributed by atoms with E-state index in [1.165, 1.54) is 5.57 Å². The molecule has 31 heavy (non-hydrogen) atoms. The second-order valence-corrected chi connectivity index (χ2v) is 21.0. The molecule has 0 aliphatic heterocycles. The largest absolute Gasteiger partial charge is 0.413 e. The third-order valence-electron chi connectivity index (χ3n) is 8.14. The number of rotatable bonds is 14. The van der Waals surface area contributed by atoms with E-state index in [0.29, 0.717) is 5.92 Å². The fourth-order valence-corrected chi connectivity index (χ4v) is 8.83. The maximum atomic E-state index is 10.1. The molecule has 0 radical (unpaired) electrons. The summed E-state index contributed by atoms with van der Waals surface area (Å²) in [6, 6.07) is 3.38. The van der Waals surface area contributed by atoms with Gasteiger partial charge in [0.05, 0.1) is 12.2 Å². The fourth-order valence-electron chi connectivity index (χ4n) is 4.32. The van der Waals surface area contributed by atoms with Crippen LogP contribution >= 0.6 is 0 Å². The predicted octanol–water partition coefficient (Wildman–Crippen LogP) is 8.02. The minimum Gasteiger partial charge on any atom is -0.413 e. The highest BCUT2D eigenvalue weighted by Gasteiger charge is 2.45. The molecule has 5 heteroatoms. The van der Waals surface area contributed by atoms with Gasteiger partial charge in [-0.15, -0.1) is 0 Å². The van der Waals surface area contributed by atoms with Gasteiger partial charge in [0, 0.05) is 18.4 Å². The molecule has 0 fully saturated rings. The Balaban J connectivity index is 6.20. The number of aliphatic hydroxyl groups is 1. The molecular weight excluding hydrogens is 416 g/mol. The molecule has 0 rings (SSSR count). The third kappa shape index (κ3) is 8.73. The van der Waals surface area contributed by atoms with Gasteiger partial charge in [-0.05, 0) is 62.5 Å². The summed E-state index contributed by atoms with van der Waals surface area (Å²) in [4.78, 5) is 0. The van der Waals surface area contributed by atoms with Crippen molar-refractivity contribution in [3.63, 3.8) is 0 Å². The van der Waals surface area contributed by atoms with Crippen molar-refractivity contribution in [2.24, 2.45) is 17.8 Å². The minimum absolute atomic E-state index is 0.0275. The average Bonchev–Trinajstić information content (AvgIpc) is 2.71. The number of hydrogen-bond donors (Lipinski definition) is 1. The standard InChI is InChI=1S/C26H56O3Si2/c1-14-20(5)18-21(6)24(28-30(12,13)26(9,10)11)23(8)25(22(7)19-27)29-31(15-2,16-3)17-4/h14,21-25,27H,15-19H2,1-13H3/b20-14+/t21-,22+,23+,24-,25-/m0/s1. The van der Waals surface area contributed by atoms with Crippen LogP contribution in [0.1, 0.15) is 82.6 Å². The Morgan fingerprint density at radius 1 is 0.903 bits per heavy atom. The Kier molecular flexibility index (Phi) is 13.1. The lowest BCUT2D eigenvalue weighted by molar-refractivity contribution is -0.0248. The summed E-state index contributed by atoms with van der Waals surface area (Å²) in [6.07, 6.45) is 3.41. The Labute approximate surface area is 197 Å². The van der Waals surface area contributed by atoms with Gasteiger partial charge in [0.1, 0.15) is 0 Å². The summed E-state index contributed by atoms with van der Waals surface area (Å²) in [7, 11) is -3.76. The van der Waals surface area contributed by atoms with Gasteiger partial charge in [0.2, 0.25) is 0 Å². The lowest BCUT2D eigenvalue weighted by Crippen LogP contribution is -2.53. The molecule has 0 aromatic carbocycles. The van der Waals surface area contributed by atoms with Gasteiger partial charge in [-0.3, -0.25) is 0 Å². The van der Waals surface area contributed by atoms with Crippen molar-refractivity contribution >= 4 is 16.6 Å². The Morgan fingerprint density at radius 2 is 1.35 bits per heavy atom. The maximum absolute atomic E-state index is 10.1. The summed E-state index contributed by atoms with van der Waals surface area (Å²) in [5.41, 5.74) is 1.41. The Hall–Kier alpha value is 0.0538. The van der Waals surface area contributed by atoms with E-state index >= 15 is 0 Å². The summed E-state index contributed by atoms with van der Waals surface area (Å²) < 4.78 is 14.2. The van der Waals surface area contributed by atoms with Gasteiger partial charge in [-0.25, -0.2) is 0 Å². The zero-order valence-electron chi connectivity index (χ0n) is 23.3. The molecule has 0 saturated carbocycles. The molecule has 0 bridgehead atoms. The van der Waals surface area contributed by atoms with Crippen LogP contribution < -0.4 is 0 Å². The Morgan fingerprint density at radius 3 is 1.71 bits per heavy atom. The number of hydrogen-bond acceptors (Lipinski definition) is 3. The fraction of sp³-hybridized carbons (Fsp3) is 0.923. The van der Waals surface area contributed by atoms with E-state index in [9.17, 15) is 5.11 Å².